The summed E-state index contributed by atoms with van der Waals surface area (Å²) in [6.45, 7) is -0.0914. The highest BCUT2D eigenvalue weighted by atomic mass is 35.5. The average molecular weight is 354 g/mol. The Kier molecular flexibility index (Phi) is 3.89. The van der Waals surface area contributed by atoms with Gasteiger partial charge in [0.25, 0.3) is 0 Å². The number of carbonyl (C=O) groups is 2. The Morgan fingerprint density at radius 1 is 1.30 bits per heavy atom. The third-order valence-corrected chi connectivity index (χ3v) is 4.21. The lowest BCUT2D eigenvalue weighted by Crippen LogP contribution is -2.15. The largest absolute Gasteiger partial charge is 0.477 e. The van der Waals surface area contributed by atoms with Crippen LogP contribution in [0.1, 0.15) is 26.8 Å². The third-order valence-electron chi connectivity index (χ3n) is 2.96. The van der Waals surface area contributed by atoms with Crippen LogP contribution in [0.2, 0.25) is 4.34 Å². The van der Waals surface area contributed by atoms with E-state index in [0.717, 1.165) is 15.6 Å². The number of carboxylic acids is 2. The van der Waals surface area contributed by atoms with Crippen LogP contribution in [0.5, 0.6) is 0 Å². The maximum Gasteiger partial charge on any atom is 0.372 e. The smallest absolute Gasteiger partial charge is 0.372 e. The Balaban J connectivity index is 1.93. The predicted octanol–water partition coefficient (Wildman–Crippen LogP) is 2.70. The van der Waals surface area contributed by atoms with E-state index in [4.69, 9.17) is 26.3 Å². The number of aromatic carboxylic acids is 2. The van der Waals surface area contributed by atoms with Gasteiger partial charge in [0.1, 0.15) is 11.4 Å². The highest BCUT2D eigenvalue weighted by Gasteiger charge is 2.21. The molecule has 3 rings (SSSR count). The maximum absolute atomic E-state index is 11.2. The van der Waals surface area contributed by atoms with Crippen LogP contribution in [-0.2, 0) is 6.54 Å². The molecule has 2 N–H and O–H groups in total. The molecule has 23 heavy (non-hydrogen) atoms. The van der Waals surface area contributed by atoms with Gasteiger partial charge in [-0.15, -0.1) is 11.3 Å². The summed E-state index contributed by atoms with van der Waals surface area (Å²) >= 11 is 7.16. The third kappa shape index (κ3) is 2.96. The van der Waals surface area contributed by atoms with Crippen LogP contribution in [0.4, 0.5) is 0 Å². The van der Waals surface area contributed by atoms with Gasteiger partial charge in [-0.3, -0.25) is 0 Å². The number of rotatable bonds is 5. The summed E-state index contributed by atoms with van der Waals surface area (Å²) in [5.41, 5.74) is 0.124. The van der Waals surface area contributed by atoms with Gasteiger partial charge in [-0.2, -0.15) is 0 Å². The van der Waals surface area contributed by atoms with E-state index in [1.807, 2.05) is 0 Å². The van der Waals surface area contributed by atoms with Crippen LogP contribution in [0, 0.1) is 0 Å². The van der Waals surface area contributed by atoms with Crippen molar-refractivity contribution in [2.75, 3.05) is 0 Å². The van der Waals surface area contributed by atoms with E-state index >= 15 is 0 Å². The van der Waals surface area contributed by atoms with Gasteiger partial charge in [0.15, 0.2) is 5.76 Å². The molecule has 0 saturated carbocycles. The second kappa shape index (κ2) is 5.86. The number of imidazole rings is 1. The minimum Gasteiger partial charge on any atom is -0.477 e. The molecule has 0 atom stereocenters. The lowest BCUT2D eigenvalue weighted by Gasteiger charge is -2.04. The molecule has 118 valence electrons. The van der Waals surface area contributed by atoms with Crippen LogP contribution in [0.25, 0.3) is 10.6 Å². The predicted molar refractivity (Wildman–Crippen MR) is 80.1 cm³/mol. The van der Waals surface area contributed by atoms with Gasteiger partial charge in [-0.05, 0) is 12.1 Å². The van der Waals surface area contributed by atoms with E-state index in [1.54, 1.807) is 18.2 Å². The van der Waals surface area contributed by atoms with Crippen molar-refractivity contribution in [1.82, 2.24) is 14.7 Å². The molecular weight excluding hydrogens is 346 g/mol. The lowest BCUT2D eigenvalue weighted by molar-refractivity contribution is 0.0674. The Morgan fingerprint density at radius 2 is 2.09 bits per heavy atom. The topological polar surface area (TPSA) is 118 Å². The first-order valence-electron chi connectivity index (χ1n) is 6.19. The van der Waals surface area contributed by atoms with E-state index in [2.05, 4.69) is 10.1 Å². The van der Waals surface area contributed by atoms with Crippen molar-refractivity contribution in [2.45, 2.75) is 6.54 Å². The molecular formula is C13H8ClN3O5S. The fraction of sp³-hybridized carbons (Fsp3) is 0.0769. The molecule has 0 aromatic carbocycles. The number of nitrogens with zero attached hydrogens (tertiary/aromatic N) is 3. The molecule has 0 fully saturated rings. The summed E-state index contributed by atoms with van der Waals surface area (Å²) in [6, 6.07) is 5.07. The molecule has 10 heteroatoms. The zero-order valence-electron chi connectivity index (χ0n) is 11.3. The van der Waals surface area contributed by atoms with Crippen LogP contribution in [0.15, 0.2) is 28.9 Å². The molecule has 3 heterocycles. The first-order valence-corrected chi connectivity index (χ1v) is 7.38. The van der Waals surface area contributed by atoms with Gasteiger partial charge in [0.2, 0.25) is 5.82 Å². The SMILES string of the molecule is O=C(O)c1cnc(C(=O)O)n1Cc1cc(-c2ccc(Cl)s2)on1. The molecule has 0 bridgehead atoms. The molecule has 0 aliphatic rings. The first kappa shape index (κ1) is 15.3. The van der Waals surface area contributed by atoms with E-state index in [-0.39, 0.29) is 18.1 Å². The van der Waals surface area contributed by atoms with E-state index in [1.165, 1.54) is 11.3 Å². The fourth-order valence-electron chi connectivity index (χ4n) is 1.99. The van der Waals surface area contributed by atoms with Crippen molar-refractivity contribution in [2.24, 2.45) is 0 Å². The number of carboxylic acid groups (broad SMARTS) is 2. The van der Waals surface area contributed by atoms with Crippen LogP contribution in [0.3, 0.4) is 0 Å². The molecule has 0 radical (unpaired) electrons. The minimum atomic E-state index is -1.33. The van der Waals surface area contributed by atoms with Gasteiger partial charge >= 0.3 is 11.9 Å². The number of hydrogen-bond donors (Lipinski definition) is 2. The number of aromatic nitrogens is 3. The van der Waals surface area contributed by atoms with E-state index in [0.29, 0.717) is 15.8 Å². The van der Waals surface area contributed by atoms with Gasteiger partial charge in [0.05, 0.1) is 22.0 Å². The van der Waals surface area contributed by atoms with E-state index < -0.39 is 11.9 Å². The number of hydrogen-bond acceptors (Lipinski definition) is 6. The summed E-state index contributed by atoms with van der Waals surface area (Å²) in [7, 11) is 0. The summed E-state index contributed by atoms with van der Waals surface area (Å²) < 4.78 is 6.83. The number of halogens is 1. The maximum atomic E-state index is 11.2. The molecule has 0 spiro atoms. The van der Waals surface area contributed by atoms with Crippen molar-refractivity contribution in [3.05, 3.63) is 45.9 Å². The molecule has 3 aromatic heterocycles. The fourth-order valence-corrected chi connectivity index (χ4v) is 2.98. The Morgan fingerprint density at radius 3 is 2.70 bits per heavy atom. The minimum absolute atomic E-state index is 0.0914. The number of thiophene rings is 1. The monoisotopic (exact) mass is 353 g/mol. The standard InChI is InChI=1S/C13H8ClN3O5S/c14-10-2-1-9(23-10)8-3-6(16-22-8)5-17-7(12(18)19)4-15-11(17)13(20)21/h1-4H,5H2,(H,18,19)(H,20,21). The van der Waals surface area contributed by atoms with Crippen molar-refractivity contribution in [3.63, 3.8) is 0 Å². The summed E-state index contributed by atoms with van der Waals surface area (Å²) in [4.78, 5) is 26.7. The summed E-state index contributed by atoms with van der Waals surface area (Å²) in [5, 5.41) is 22.0. The molecule has 0 amide bonds. The van der Waals surface area contributed by atoms with Crippen LogP contribution in [-0.4, -0.2) is 36.9 Å². The summed E-state index contributed by atoms with van der Waals surface area (Å²) in [6.07, 6.45) is 0.992. The van der Waals surface area contributed by atoms with Crippen molar-refractivity contribution in [3.8, 4) is 10.6 Å². The highest BCUT2D eigenvalue weighted by Crippen LogP contribution is 2.31. The first-order chi connectivity index (χ1) is 11.0. The Bertz CT molecular complexity index is 866. The van der Waals surface area contributed by atoms with Crippen LogP contribution >= 0.6 is 22.9 Å². The van der Waals surface area contributed by atoms with Gasteiger partial charge < -0.3 is 19.3 Å². The van der Waals surface area contributed by atoms with Crippen molar-refractivity contribution in [1.29, 1.82) is 0 Å². The van der Waals surface area contributed by atoms with Crippen molar-refractivity contribution < 1.29 is 24.3 Å². The second-order valence-corrected chi connectivity index (χ2v) is 6.16. The van der Waals surface area contributed by atoms with Crippen LogP contribution < -0.4 is 0 Å². The highest BCUT2D eigenvalue weighted by molar-refractivity contribution is 7.19. The average Bonchev–Trinajstić information content (AvgIpc) is 3.18. The van der Waals surface area contributed by atoms with Crippen molar-refractivity contribution >= 4 is 34.9 Å². The molecule has 0 unspecified atom stereocenters. The summed E-state index contributed by atoms with van der Waals surface area (Å²) in [5.74, 6) is -2.53. The Labute approximate surface area is 137 Å². The quantitative estimate of drug-likeness (QED) is 0.723. The van der Waals surface area contributed by atoms with Gasteiger partial charge in [-0.25, -0.2) is 14.6 Å². The molecule has 3 aromatic rings. The molecule has 0 aliphatic carbocycles. The molecule has 0 saturated heterocycles. The zero-order valence-corrected chi connectivity index (χ0v) is 12.8. The normalized spacial score (nSPS) is 10.8. The second-order valence-electron chi connectivity index (χ2n) is 4.45. The Hall–Kier alpha value is -2.65. The molecule has 0 aliphatic heterocycles. The van der Waals surface area contributed by atoms with Gasteiger partial charge in [0, 0.05) is 6.07 Å². The van der Waals surface area contributed by atoms with E-state index in [9.17, 15) is 9.59 Å². The van der Waals surface area contributed by atoms with Gasteiger partial charge in [-0.1, -0.05) is 16.8 Å². The molecule has 8 nitrogen and oxygen atoms in total. The lowest BCUT2D eigenvalue weighted by atomic mass is 10.3. The zero-order chi connectivity index (χ0) is 16.6.